The lowest BCUT2D eigenvalue weighted by molar-refractivity contribution is -0.150. The van der Waals surface area contributed by atoms with Gasteiger partial charge in [0.05, 0.1) is 36.5 Å². The molecule has 50 heavy (non-hydrogen) atoms. The van der Waals surface area contributed by atoms with Crippen molar-refractivity contribution in [3.8, 4) is 23.0 Å². The van der Waals surface area contributed by atoms with Crippen molar-refractivity contribution in [2.24, 2.45) is 17.8 Å². The molecule has 0 radical (unpaired) electrons. The molecule has 0 bridgehead atoms. The van der Waals surface area contributed by atoms with Crippen molar-refractivity contribution >= 4 is 28.7 Å². The average Bonchev–Trinajstić information content (AvgIpc) is 3.65. The van der Waals surface area contributed by atoms with E-state index in [0.717, 1.165) is 37.5 Å². The fourth-order valence-electron chi connectivity index (χ4n) is 6.82. The monoisotopic (exact) mass is 690 g/mol. The zero-order valence-corrected chi connectivity index (χ0v) is 29.0. The number of aryl methyl sites for hydroxylation is 1. The van der Waals surface area contributed by atoms with Gasteiger partial charge in [-0.1, -0.05) is 12.2 Å². The highest BCUT2D eigenvalue weighted by Crippen LogP contribution is 2.47. The quantitative estimate of drug-likeness (QED) is 0.115. The molecule has 266 valence electrons. The molecule has 0 spiro atoms. The molecule has 2 aliphatic rings. The van der Waals surface area contributed by atoms with E-state index in [0.29, 0.717) is 35.2 Å². The van der Waals surface area contributed by atoms with Crippen LogP contribution in [0.4, 0.5) is 8.78 Å². The first kappa shape index (κ1) is 36.4. The van der Waals surface area contributed by atoms with E-state index in [1.807, 2.05) is 6.08 Å². The number of allylic oxidation sites excluding steroid dienone is 1. The summed E-state index contributed by atoms with van der Waals surface area (Å²) in [6, 6.07) is 6.50. The lowest BCUT2D eigenvalue weighted by atomic mass is 9.93. The zero-order valence-electron chi connectivity index (χ0n) is 29.0. The molecule has 2 fully saturated rings. The molecule has 1 heterocycles. The number of hydrogen-bond acceptors (Lipinski definition) is 8. The summed E-state index contributed by atoms with van der Waals surface area (Å²) >= 11 is 0. The van der Waals surface area contributed by atoms with Crippen LogP contribution in [0.1, 0.15) is 51.0 Å². The molecular weight excluding hydrogens is 646 g/mol. The standard InChI is InChI=1S/C38H44F2N4O6/c1-7-10-11-12-15-44(5)36(46)30-20-27(19-29(30)34(45)43-38(21-24(38)8-2)37(47)49-9-3)50-35-28-13-14-31(48-6)22(4)32(28)41-33(42-35)23-16-25(39)18-26(40)17-23/h7-8,13-14,16-18,24,27,29-30H,1-2,9-12,15,19-21H2,3-6H3,(H,43,45). The Morgan fingerprint density at radius 2 is 1.80 bits per heavy atom. The van der Waals surface area contributed by atoms with E-state index in [1.165, 1.54) is 7.11 Å². The summed E-state index contributed by atoms with van der Waals surface area (Å²) in [7, 11) is 3.24. The third kappa shape index (κ3) is 7.49. The largest absolute Gasteiger partial charge is 0.496 e. The lowest BCUT2D eigenvalue weighted by Gasteiger charge is -2.26. The van der Waals surface area contributed by atoms with E-state index < -0.39 is 47.0 Å². The van der Waals surface area contributed by atoms with Crippen LogP contribution in [-0.2, 0) is 19.1 Å². The van der Waals surface area contributed by atoms with Crippen molar-refractivity contribution in [2.75, 3.05) is 27.3 Å². The van der Waals surface area contributed by atoms with E-state index in [9.17, 15) is 23.2 Å². The Labute approximate surface area is 290 Å². The van der Waals surface area contributed by atoms with Crippen molar-refractivity contribution in [1.29, 1.82) is 0 Å². The van der Waals surface area contributed by atoms with Crippen LogP contribution in [0.5, 0.6) is 11.6 Å². The number of esters is 1. The third-order valence-electron chi connectivity index (χ3n) is 9.64. The van der Waals surface area contributed by atoms with Gasteiger partial charge < -0.3 is 24.4 Å². The van der Waals surface area contributed by atoms with Gasteiger partial charge in [0.25, 0.3) is 0 Å². The first-order chi connectivity index (χ1) is 24.0. The predicted octanol–water partition coefficient (Wildman–Crippen LogP) is 6.10. The number of unbranched alkanes of at least 4 members (excludes halogenated alkanes) is 2. The van der Waals surface area contributed by atoms with Crippen LogP contribution < -0.4 is 14.8 Å². The van der Waals surface area contributed by atoms with Crippen molar-refractivity contribution in [2.45, 2.75) is 64.0 Å². The Kier molecular flexibility index (Phi) is 11.2. The number of benzene rings is 2. The van der Waals surface area contributed by atoms with Gasteiger partial charge in [-0.3, -0.25) is 9.59 Å². The van der Waals surface area contributed by atoms with Gasteiger partial charge in [-0.2, -0.15) is 4.98 Å². The molecule has 3 aromatic rings. The van der Waals surface area contributed by atoms with Crippen LogP contribution in [0.3, 0.4) is 0 Å². The highest BCUT2D eigenvalue weighted by molar-refractivity contribution is 5.95. The molecule has 5 rings (SSSR count). The lowest BCUT2D eigenvalue weighted by Crippen LogP contribution is -2.50. The maximum Gasteiger partial charge on any atom is 0.332 e. The summed E-state index contributed by atoms with van der Waals surface area (Å²) in [6.07, 6.45) is 5.96. The van der Waals surface area contributed by atoms with Gasteiger partial charge >= 0.3 is 5.97 Å². The molecule has 1 aromatic heterocycles. The summed E-state index contributed by atoms with van der Waals surface area (Å²) in [4.78, 5) is 51.8. The molecule has 10 nitrogen and oxygen atoms in total. The van der Waals surface area contributed by atoms with Crippen LogP contribution in [0.25, 0.3) is 22.3 Å². The third-order valence-corrected chi connectivity index (χ3v) is 9.64. The van der Waals surface area contributed by atoms with Gasteiger partial charge in [-0.05, 0) is 76.6 Å². The van der Waals surface area contributed by atoms with E-state index in [2.05, 4.69) is 28.4 Å². The number of carbonyl (C=O) groups is 3. The van der Waals surface area contributed by atoms with Crippen LogP contribution in [0, 0.1) is 36.3 Å². The SMILES string of the molecule is C=CCCCCN(C)C(=O)C1CC(Oc2nc(-c3cc(F)cc(F)c3)nc3c(C)c(OC)ccc23)CC1C(=O)NC1(C(=O)OCC)CC1C=C. The molecule has 1 N–H and O–H groups in total. The van der Waals surface area contributed by atoms with Crippen molar-refractivity contribution < 1.29 is 37.4 Å². The van der Waals surface area contributed by atoms with E-state index in [4.69, 9.17) is 14.2 Å². The minimum atomic E-state index is -1.23. The number of carbonyl (C=O) groups excluding carboxylic acids is 3. The second-order valence-electron chi connectivity index (χ2n) is 13.0. The molecule has 5 unspecified atom stereocenters. The molecule has 12 heteroatoms. The number of hydrogen-bond donors (Lipinski definition) is 1. The molecule has 2 amide bonds. The topological polar surface area (TPSA) is 120 Å². The molecule has 5 atom stereocenters. The summed E-state index contributed by atoms with van der Waals surface area (Å²) in [5.74, 6) is -3.93. The fourth-order valence-corrected chi connectivity index (χ4v) is 6.82. The first-order valence-corrected chi connectivity index (χ1v) is 16.9. The van der Waals surface area contributed by atoms with E-state index in [-0.39, 0.29) is 48.5 Å². The highest BCUT2D eigenvalue weighted by Gasteiger charge is 2.62. The Morgan fingerprint density at radius 1 is 1.08 bits per heavy atom. The maximum absolute atomic E-state index is 14.3. The highest BCUT2D eigenvalue weighted by atomic mass is 19.1. The minimum Gasteiger partial charge on any atom is -0.496 e. The summed E-state index contributed by atoms with van der Waals surface area (Å²) < 4.78 is 45.9. The Morgan fingerprint density at radius 3 is 2.44 bits per heavy atom. The van der Waals surface area contributed by atoms with Crippen LogP contribution in [-0.4, -0.2) is 71.6 Å². The van der Waals surface area contributed by atoms with Gasteiger partial charge in [0.1, 0.15) is 29.0 Å². The second kappa shape index (κ2) is 15.3. The molecular formula is C38H44F2N4O6. The first-order valence-electron chi connectivity index (χ1n) is 16.9. The van der Waals surface area contributed by atoms with Gasteiger partial charge in [0, 0.05) is 36.7 Å². The molecule has 2 aromatic carbocycles. The summed E-state index contributed by atoms with van der Waals surface area (Å²) in [5.41, 5.74) is -0.00631. The van der Waals surface area contributed by atoms with Gasteiger partial charge in [-0.15, -0.1) is 13.2 Å². The average molecular weight is 691 g/mol. The summed E-state index contributed by atoms with van der Waals surface area (Å²) in [5, 5.41) is 3.44. The van der Waals surface area contributed by atoms with E-state index in [1.54, 1.807) is 44.0 Å². The number of nitrogens with zero attached hydrogens (tertiary/aromatic N) is 3. The molecule has 2 aliphatic carbocycles. The number of fused-ring (bicyclic) bond motifs is 1. The number of methoxy groups -OCH3 is 1. The molecule has 0 saturated heterocycles. The number of rotatable bonds is 15. The number of aromatic nitrogens is 2. The molecule has 0 aliphatic heterocycles. The number of nitrogens with one attached hydrogen (secondary N) is 1. The van der Waals surface area contributed by atoms with Crippen molar-refractivity contribution in [3.05, 3.63) is 72.8 Å². The van der Waals surface area contributed by atoms with Gasteiger partial charge in [0.15, 0.2) is 5.82 Å². The van der Waals surface area contributed by atoms with Crippen LogP contribution >= 0.6 is 0 Å². The number of halogens is 2. The normalized spacial score (nSPS) is 22.4. The Bertz CT molecular complexity index is 1780. The Hall–Kier alpha value is -4.87. The number of amides is 2. The van der Waals surface area contributed by atoms with Crippen LogP contribution in [0.15, 0.2) is 55.6 Å². The molecule has 2 saturated carbocycles. The van der Waals surface area contributed by atoms with Gasteiger partial charge in [-0.25, -0.2) is 18.6 Å². The fraction of sp³-hybridized carbons (Fsp3) is 0.447. The predicted molar refractivity (Wildman–Crippen MR) is 184 cm³/mol. The van der Waals surface area contributed by atoms with Crippen molar-refractivity contribution in [1.82, 2.24) is 20.2 Å². The summed E-state index contributed by atoms with van der Waals surface area (Å²) in [6.45, 7) is 11.7. The van der Waals surface area contributed by atoms with Crippen LogP contribution in [0.2, 0.25) is 0 Å². The van der Waals surface area contributed by atoms with Gasteiger partial charge in [0.2, 0.25) is 17.7 Å². The smallest absolute Gasteiger partial charge is 0.332 e. The zero-order chi connectivity index (χ0) is 36.2. The minimum absolute atomic E-state index is 0.0296. The van der Waals surface area contributed by atoms with E-state index >= 15 is 0 Å². The second-order valence-corrected chi connectivity index (χ2v) is 13.0. The maximum atomic E-state index is 14.3. The Balaban J connectivity index is 1.49. The van der Waals surface area contributed by atoms with Crippen molar-refractivity contribution in [3.63, 3.8) is 0 Å². The number of ether oxygens (including phenoxy) is 3.